The Labute approximate surface area is 115 Å². The van der Waals surface area contributed by atoms with Crippen molar-refractivity contribution in [3.8, 4) is 0 Å². The molecule has 8 heteroatoms. The molecule has 0 aromatic heterocycles. The zero-order valence-corrected chi connectivity index (χ0v) is 12.2. The van der Waals surface area contributed by atoms with Crippen LogP contribution in [-0.4, -0.2) is 39.1 Å². The van der Waals surface area contributed by atoms with Crippen molar-refractivity contribution in [1.82, 2.24) is 5.06 Å². The standard InChI is InChI=1S/C10H15NO5S2/c1-5-15-9(14)6(2)18-10(17)16-11(7(3)12)8(4)13/h6H,5H2,1-4H3. The SMILES string of the molecule is CCOC(=O)C(C)SC(=S)ON(C(C)=O)C(C)=O. The van der Waals surface area contributed by atoms with Crippen molar-refractivity contribution in [2.24, 2.45) is 0 Å². The average Bonchev–Trinajstić information content (AvgIpc) is 2.25. The van der Waals surface area contributed by atoms with Gasteiger partial charge < -0.3 is 9.57 Å². The molecule has 0 bridgehead atoms. The molecule has 18 heavy (non-hydrogen) atoms. The summed E-state index contributed by atoms with van der Waals surface area (Å²) in [5, 5.41) is -0.0362. The molecule has 1 atom stereocenters. The highest BCUT2D eigenvalue weighted by molar-refractivity contribution is 8.23. The number of hydrogen-bond donors (Lipinski definition) is 0. The molecular weight excluding hydrogens is 278 g/mol. The molecule has 0 spiro atoms. The maximum Gasteiger partial charge on any atom is 0.319 e. The normalized spacial score (nSPS) is 11.3. The lowest BCUT2D eigenvalue weighted by molar-refractivity contribution is -0.170. The van der Waals surface area contributed by atoms with Gasteiger partial charge in [0.05, 0.1) is 6.61 Å². The first-order chi connectivity index (χ1) is 8.29. The average molecular weight is 293 g/mol. The van der Waals surface area contributed by atoms with Crippen LogP contribution < -0.4 is 0 Å². The number of carbonyl (C=O) groups is 3. The summed E-state index contributed by atoms with van der Waals surface area (Å²) < 4.78 is 4.69. The van der Waals surface area contributed by atoms with E-state index in [9.17, 15) is 14.4 Å². The lowest BCUT2D eigenvalue weighted by Crippen LogP contribution is -2.35. The van der Waals surface area contributed by atoms with Gasteiger partial charge in [0.15, 0.2) is 0 Å². The van der Waals surface area contributed by atoms with Gasteiger partial charge in [-0.15, -0.1) is 5.06 Å². The minimum atomic E-state index is -0.589. The van der Waals surface area contributed by atoms with Gasteiger partial charge in [-0.1, -0.05) is 11.8 Å². The first-order valence-electron chi connectivity index (χ1n) is 5.16. The maximum atomic E-state index is 11.3. The third-order valence-corrected chi connectivity index (χ3v) is 2.81. The number of nitrogens with zero attached hydrogens (tertiary/aromatic N) is 1. The molecule has 0 heterocycles. The summed E-state index contributed by atoms with van der Waals surface area (Å²) in [6.45, 7) is 5.89. The van der Waals surface area contributed by atoms with Crippen molar-refractivity contribution in [1.29, 1.82) is 0 Å². The van der Waals surface area contributed by atoms with Gasteiger partial charge in [-0.2, -0.15) is 0 Å². The van der Waals surface area contributed by atoms with Gasteiger partial charge >= 0.3 is 5.97 Å². The number of esters is 1. The van der Waals surface area contributed by atoms with E-state index in [1.54, 1.807) is 13.8 Å². The minimum absolute atomic E-state index is 0.0963. The van der Waals surface area contributed by atoms with Crippen molar-refractivity contribution in [2.75, 3.05) is 6.61 Å². The Balaban J connectivity index is 4.37. The third-order valence-electron chi connectivity index (χ3n) is 1.63. The Bertz CT molecular complexity index is 344. The van der Waals surface area contributed by atoms with E-state index in [4.69, 9.17) is 21.8 Å². The van der Waals surface area contributed by atoms with Gasteiger partial charge in [0.2, 0.25) is 0 Å². The van der Waals surface area contributed by atoms with E-state index in [2.05, 4.69) is 0 Å². The molecule has 0 saturated heterocycles. The van der Waals surface area contributed by atoms with E-state index < -0.39 is 23.0 Å². The number of ether oxygens (including phenoxy) is 1. The van der Waals surface area contributed by atoms with Crippen LogP contribution in [0, 0.1) is 0 Å². The minimum Gasteiger partial charge on any atom is -0.465 e. The zero-order chi connectivity index (χ0) is 14.3. The topological polar surface area (TPSA) is 72.9 Å². The van der Waals surface area contributed by atoms with Crippen molar-refractivity contribution in [3.63, 3.8) is 0 Å². The summed E-state index contributed by atoms with van der Waals surface area (Å²) in [5.74, 6) is -1.62. The molecule has 0 aromatic rings. The molecule has 0 saturated carbocycles. The predicted molar refractivity (Wildman–Crippen MR) is 70.6 cm³/mol. The van der Waals surface area contributed by atoms with E-state index in [1.807, 2.05) is 0 Å². The van der Waals surface area contributed by atoms with Crippen LogP contribution in [0.15, 0.2) is 0 Å². The van der Waals surface area contributed by atoms with Crippen molar-refractivity contribution in [3.05, 3.63) is 0 Å². The molecule has 0 aliphatic heterocycles. The van der Waals surface area contributed by atoms with E-state index in [0.717, 1.165) is 11.8 Å². The highest BCUT2D eigenvalue weighted by atomic mass is 32.2. The molecule has 0 fully saturated rings. The lowest BCUT2D eigenvalue weighted by atomic mass is 10.5. The van der Waals surface area contributed by atoms with Crippen LogP contribution in [0.3, 0.4) is 0 Å². The van der Waals surface area contributed by atoms with Crippen LogP contribution in [0.1, 0.15) is 27.7 Å². The number of carbonyl (C=O) groups excluding carboxylic acids is 3. The highest BCUT2D eigenvalue weighted by Gasteiger charge is 2.22. The number of imide groups is 1. The number of rotatable bonds is 3. The molecule has 0 aliphatic carbocycles. The molecule has 0 rings (SSSR count). The number of thiocarbonyl (C=S) groups is 1. The molecule has 1 unspecified atom stereocenters. The summed E-state index contributed by atoms with van der Waals surface area (Å²) in [5.41, 5.74) is 0. The van der Waals surface area contributed by atoms with Gasteiger partial charge in [0.1, 0.15) is 5.25 Å². The van der Waals surface area contributed by atoms with Gasteiger partial charge in [0.25, 0.3) is 16.2 Å². The number of hydroxylamine groups is 2. The summed E-state index contributed by atoms with van der Waals surface area (Å²) in [4.78, 5) is 38.3. The Morgan fingerprint density at radius 3 is 2.17 bits per heavy atom. The zero-order valence-electron chi connectivity index (χ0n) is 10.6. The second kappa shape index (κ2) is 8.04. The second-order valence-electron chi connectivity index (χ2n) is 3.19. The molecular formula is C10H15NO5S2. The monoisotopic (exact) mass is 293 g/mol. The molecule has 6 nitrogen and oxygen atoms in total. The molecule has 0 N–H and O–H groups in total. The van der Waals surface area contributed by atoms with E-state index in [1.165, 1.54) is 13.8 Å². The maximum absolute atomic E-state index is 11.3. The van der Waals surface area contributed by atoms with Crippen LogP contribution in [-0.2, 0) is 24.0 Å². The quantitative estimate of drug-likeness (QED) is 0.441. The fraction of sp³-hybridized carbons (Fsp3) is 0.600. The van der Waals surface area contributed by atoms with Crippen LogP contribution in [0.25, 0.3) is 0 Å². The Kier molecular flexibility index (Phi) is 7.53. The van der Waals surface area contributed by atoms with Gasteiger partial charge in [-0.25, -0.2) is 0 Å². The molecule has 2 amide bonds. The predicted octanol–water partition coefficient (Wildman–Crippen LogP) is 1.28. The van der Waals surface area contributed by atoms with Gasteiger partial charge in [-0.3, -0.25) is 14.4 Å². The fourth-order valence-corrected chi connectivity index (χ4v) is 1.98. The molecule has 0 aliphatic rings. The van der Waals surface area contributed by atoms with E-state index >= 15 is 0 Å². The molecule has 0 aromatic carbocycles. The Morgan fingerprint density at radius 2 is 1.78 bits per heavy atom. The van der Waals surface area contributed by atoms with Crippen LogP contribution in [0.2, 0.25) is 0 Å². The van der Waals surface area contributed by atoms with E-state index in [-0.39, 0.29) is 11.0 Å². The van der Waals surface area contributed by atoms with Crippen LogP contribution in [0.4, 0.5) is 0 Å². The highest BCUT2D eigenvalue weighted by Crippen LogP contribution is 2.16. The summed E-state index contributed by atoms with van der Waals surface area (Å²) in [6.07, 6.45) is 0. The molecule has 102 valence electrons. The summed E-state index contributed by atoms with van der Waals surface area (Å²) in [7, 11) is 0. The summed E-state index contributed by atoms with van der Waals surface area (Å²) >= 11 is 5.73. The smallest absolute Gasteiger partial charge is 0.319 e. The largest absolute Gasteiger partial charge is 0.465 e. The second-order valence-corrected chi connectivity index (χ2v) is 5.13. The van der Waals surface area contributed by atoms with Gasteiger partial charge in [-0.05, 0) is 26.1 Å². The van der Waals surface area contributed by atoms with Crippen molar-refractivity contribution in [2.45, 2.75) is 32.9 Å². The van der Waals surface area contributed by atoms with Crippen LogP contribution >= 0.6 is 24.0 Å². The fourth-order valence-electron chi connectivity index (χ4n) is 0.898. The van der Waals surface area contributed by atoms with Crippen molar-refractivity contribution >= 4 is 46.1 Å². The van der Waals surface area contributed by atoms with Crippen molar-refractivity contribution < 1.29 is 24.0 Å². The number of hydrogen-bond acceptors (Lipinski definition) is 7. The first kappa shape index (κ1) is 16.9. The number of thioether (sulfide) groups is 1. The van der Waals surface area contributed by atoms with E-state index in [0.29, 0.717) is 5.06 Å². The Morgan fingerprint density at radius 1 is 1.28 bits per heavy atom. The summed E-state index contributed by atoms with van der Waals surface area (Å²) in [6, 6.07) is 0. The van der Waals surface area contributed by atoms with Crippen LogP contribution in [0.5, 0.6) is 0 Å². The number of amides is 2. The first-order valence-corrected chi connectivity index (χ1v) is 6.44. The Hall–Kier alpha value is -1.15. The lowest BCUT2D eigenvalue weighted by Gasteiger charge is -2.18. The van der Waals surface area contributed by atoms with Gasteiger partial charge in [0, 0.05) is 13.8 Å². The third kappa shape index (κ3) is 5.97. The molecule has 0 radical (unpaired) electrons.